The van der Waals surface area contributed by atoms with Crippen LogP contribution in [0.15, 0.2) is 12.5 Å². The highest BCUT2D eigenvalue weighted by Crippen LogP contribution is 2.15. The summed E-state index contributed by atoms with van der Waals surface area (Å²) in [4.78, 5) is 15.8. The van der Waals surface area contributed by atoms with Crippen molar-refractivity contribution in [3.05, 3.63) is 18.2 Å². The van der Waals surface area contributed by atoms with Gasteiger partial charge in [0.15, 0.2) is 0 Å². The molecule has 0 bridgehead atoms. The number of carbonyl (C=O) groups is 1. The Morgan fingerprint density at radius 1 is 1.56 bits per heavy atom. The zero-order chi connectivity index (χ0) is 12.2. The van der Waals surface area contributed by atoms with E-state index in [4.69, 9.17) is 23.2 Å². The molecule has 16 heavy (non-hydrogen) atoms. The number of hydrogen-bond donors (Lipinski definition) is 1. The molecular formula is C10H15Cl2N3O. The van der Waals surface area contributed by atoms with Crippen molar-refractivity contribution in [1.82, 2.24) is 14.9 Å². The Morgan fingerprint density at radius 2 is 2.19 bits per heavy atom. The Bertz CT molecular complexity index is 352. The molecule has 4 nitrogen and oxygen atoms in total. The zero-order valence-corrected chi connectivity index (χ0v) is 10.8. The van der Waals surface area contributed by atoms with E-state index < -0.39 is 5.54 Å². The van der Waals surface area contributed by atoms with Crippen molar-refractivity contribution in [3.63, 3.8) is 0 Å². The molecular weight excluding hydrogens is 249 g/mol. The van der Waals surface area contributed by atoms with E-state index in [-0.39, 0.29) is 17.7 Å². The number of rotatable bonds is 5. The summed E-state index contributed by atoms with van der Waals surface area (Å²) in [6.07, 6.45) is 3.77. The van der Waals surface area contributed by atoms with Gasteiger partial charge in [0, 0.05) is 18.8 Å². The van der Waals surface area contributed by atoms with Crippen LogP contribution in [0.5, 0.6) is 0 Å². The second-order valence-corrected chi connectivity index (χ2v) is 4.28. The van der Waals surface area contributed by atoms with Crippen molar-refractivity contribution in [2.24, 2.45) is 7.05 Å². The minimum Gasteiger partial charge on any atom is -0.343 e. The molecule has 1 amide bonds. The normalized spacial score (nSPS) is 11.5. The average Bonchev–Trinajstić information content (AvgIpc) is 2.72. The van der Waals surface area contributed by atoms with Crippen molar-refractivity contribution in [2.45, 2.75) is 18.9 Å². The fraction of sp³-hybridized carbons (Fsp3) is 0.600. The van der Waals surface area contributed by atoms with Gasteiger partial charge >= 0.3 is 0 Å². The number of amides is 1. The number of aryl methyl sites for hydroxylation is 1. The third-order valence-corrected chi connectivity index (χ3v) is 3.64. The van der Waals surface area contributed by atoms with E-state index in [2.05, 4.69) is 10.3 Å². The number of nitrogens with one attached hydrogen (secondary N) is 1. The molecule has 0 atom stereocenters. The second kappa shape index (κ2) is 5.55. The van der Waals surface area contributed by atoms with E-state index in [0.29, 0.717) is 12.1 Å². The Balaban J connectivity index is 2.81. The smallest absolute Gasteiger partial charge is 0.270 e. The molecule has 0 saturated heterocycles. The van der Waals surface area contributed by atoms with Crippen molar-refractivity contribution in [3.8, 4) is 0 Å². The third kappa shape index (κ3) is 2.68. The topological polar surface area (TPSA) is 46.9 Å². The summed E-state index contributed by atoms with van der Waals surface area (Å²) < 4.78 is 1.65. The van der Waals surface area contributed by atoms with Gasteiger partial charge in [-0.3, -0.25) is 4.79 Å². The summed E-state index contributed by atoms with van der Waals surface area (Å²) in [5.41, 5.74) is -0.0576. The molecule has 0 aliphatic carbocycles. The van der Waals surface area contributed by atoms with E-state index in [1.807, 2.05) is 6.92 Å². The molecule has 6 heteroatoms. The van der Waals surface area contributed by atoms with Crippen LogP contribution >= 0.6 is 23.2 Å². The van der Waals surface area contributed by atoms with Crippen LogP contribution in [-0.2, 0) is 7.05 Å². The lowest BCUT2D eigenvalue weighted by Crippen LogP contribution is -2.51. The highest BCUT2D eigenvalue weighted by Gasteiger charge is 2.29. The minimum atomic E-state index is -0.551. The SMILES string of the molecule is CCC(CCl)(CCl)NC(=O)c1cncn1C. The standard InChI is InChI=1S/C10H15Cl2N3O/c1-3-10(5-11,6-12)14-9(16)8-4-13-7-15(8)2/h4,7H,3,5-6H2,1-2H3,(H,14,16). The lowest BCUT2D eigenvalue weighted by atomic mass is 10.0. The van der Waals surface area contributed by atoms with Gasteiger partial charge in [-0.25, -0.2) is 4.98 Å². The molecule has 0 aromatic carbocycles. The summed E-state index contributed by atoms with van der Waals surface area (Å²) in [7, 11) is 1.76. The number of aromatic nitrogens is 2. The highest BCUT2D eigenvalue weighted by atomic mass is 35.5. The Hall–Kier alpha value is -0.740. The molecule has 0 aliphatic heterocycles. The first-order chi connectivity index (χ1) is 7.58. The van der Waals surface area contributed by atoms with Crippen molar-refractivity contribution >= 4 is 29.1 Å². The average molecular weight is 264 g/mol. The predicted octanol–water partition coefficient (Wildman–Crippen LogP) is 1.78. The van der Waals surface area contributed by atoms with E-state index in [1.54, 1.807) is 17.9 Å². The summed E-state index contributed by atoms with van der Waals surface area (Å²) in [5, 5.41) is 2.86. The maximum Gasteiger partial charge on any atom is 0.270 e. The van der Waals surface area contributed by atoms with Crippen LogP contribution in [0.25, 0.3) is 0 Å². The van der Waals surface area contributed by atoms with Gasteiger partial charge in [0.1, 0.15) is 5.69 Å². The zero-order valence-electron chi connectivity index (χ0n) is 9.33. The van der Waals surface area contributed by atoms with Gasteiger partial charge in [-0.1, -0.05) is 6.92 Å². The van der Waals surface area contributed by atoms with Crippen LogP contribution < -0.4 is 5.32 Å². The number of hydrogen-bond acceptors (Lipinski definition) is 2. The van der Waals surface area contributed by atoms with Crippen LogP contribution in [0.4, 0.5) is 0 Å². The van der Waals surface area contributed by atoms with Gasteiger partial charge in [0.05, 0.1) is 18.1 Å². The lowest BCUT2D eigenvalue weighted by Gasteiger charge is -2.29. The largest absolute Gasteiger partial charge is 0.343 e. The minimum absolute atomic E-state index is 0.205. The molecule has 0 saturated carbocycles. The molecule has 1 aromatic heterocycles. The first kappa shape index (κ1) is 13.3. The first-order valence-corrected chi connectivity index (χ1v) is 6.06. The fourth-order valence-corrected chi connectivity index (χ4v) is 2.06. The molecule has 0 spiro atoms. The number of carbonyl (C=O) groups excluding carboxylic acids is 1. The summed E-state index contributed by atoms with van der Waals surface area (Å²) in [6, 6.07) is 0. The molecule has 0 unspecified atom stereocenters. The van der Waals surface area contributed by atoms with Crippen LogP contribution in [0.1, 0.15) is 23.8 Å². The van der Waals surface area contributed by atoms with E-state index in [9.17, 15) is 4.79 Å². The molecule has 0 fully saturated rings. The Kier molecular flexibility index (Phi) is 4.62. The fourth-order valence-electron chi connectivity index (χ4n) is 1.26. The van der Waals surface area contributed by atoms with E-state index in [0.717, 1.165) is 0 Å². The van der Waals surface area contributed by atoms with Gasteiger partial charge in [0.25, 0.3) is 5.91 Å². The van der Waals surface area contributed by atoms with Crippen molar-refractivity contribution < 1.29 is 4.79 Å². The number of alkyl halides is 2. The lowest BCUT2D eigenvalue weighted by molar-refractivity contribution is 0.0905. The second-order valence-electron chi connectivity index (χ2n) is 3.75. The first-order valence-electron chi connectivity index (χ1n) is 4.99. The van der Waals surface area contributed by atoms with Crippen LogP contribution in [0.3, 0.4) is 0 Å². The van der Waals surface area contributed by atoms with E-state index in [1.165, 1.54) is 6.20 Å². The monoisotopic (exact) mass is 263 g/mol. The summed E-state index contributed by atoms with van der Waals surface area (Å²) in [6.45, 7) is 1.94. The molecule has 1 aromatic rings. The van der Waals surface area contributed by atoms with Gasteiger partial charge in [-0.15, -0.1) is 23.2 Å². The molecule has 1 rings (SSSR count). The number of halogens is 2. The van der Waals surface area contributed by atoms with Gasteiger partial charge in [-0.2, -0.15) is 0 Å². The predicted molar refractivity (Wildman–Crippen MR) is 65.1 cm³/mol. The molecule has 0 radical (unpaired) electrons. The molecule has 1 N–H and O–H groups in total. The Morgan fingerprint density at radius 3 is 2.56 bits per heavy atom. The molecule has 1 heterocycles. The third-order valence-electron chi connectivity index (χ3n) is 2.62. The maximum atomic E-state index is 11.9. The van der Waals surface area contributed by atoms with Crippen LogP contribution in [0.2, 0.25) is 0 Å². The van der Waals surface area contributed by atoms with Gasteiger partial charge < -0.3 is 9.88 Å². The maximum absolute atomic E-state index is 11.9. The highest BCUT2D eigenvalue weighted by molar-refractivity contribution is 6.22. The number of imidazole rings is 1. The van der Waals surface area contributed by atoms with Crippen molar-refractivity contribution in [2.75, 3.05) is 11.8 Å². The Labute approximate surface area is 105 Å². The van der Waals surface area contributed by atoms with Gasteiger partial charge in [0.2, 0.25) is 0 Å². The van der Waals surface area contributed by atoms with Crippen molar-refractivity contribution in [1.29, 1.82) is 0 Å². The number of nitrogens with zero attached hydrogens (tertiary/aromatic N) is 2. The molecule has 90 valence electrons. The summed E-state index contributed by atoms with van der Waals surface area (Å²) >= 11 is 11.7. The van der Waals surface area contributed by atoms with E-state index >= 15 is 0 Å². The molecule has 0 aliphatic rings. The van der Waals surface area contributed by atoms with Crippen LogP contribution in [0, 0.1) is 0 Å². The summed E-state index contributed by atoms with van der Waals surface area (Å²) in [5.74, 6) is 0.371. The van der Waals surface area contributed by atoms with Crippen LogP contribution in [-0.4, -0.2) is 32.8 Å². The quantitative estimate of drug-likeness (QED) is 0.824. The van der Waals surface area contributed by atoms with Gasteiger partial charge in [-0.05, 0) is 6.42 Å².